The van der Waals surface area contributed by atoms with E-state index in [1.165, 1.54) is 0 Å². The third-order valence-electron chi connectivity index (χ3n) is 2.32. The molecule has 1 aromatic carbocycles. The molecule has 0 fully saturated rings. The van der Waals surface area contributed by atoms with E-state index in [2.05, 4.69) is 0 Å². The van der Waals surface area contributed by atoms with Crippen molar-refractivity contribution >= 4 is 11.5 Å². The zero-order valence-corrected chi connectivity index (χ0v) is 8.07. The molecule has 0 saturated carbocycles. The molecule has 0 spiro atoms. The van der Waals surface area contributed by atoms with Gasteiger partial charge in [-0.15, -0.1) is 0 Å². The van der Waals surface area contributed by atoms with Gasteiger partial charge in [0.05, 0.1) is 0 Å². The Balaban J connectivity index is 2.55. The van der Waals surface area contributed by atoms with Crippen LogP contribution in [0.25, 0.3) is 11.1 Å². The molecule has 2 aromatic rings. The van der Waals surface area contributed by atoms with E-state index in [1.54, 1.807) is 0 Å². The molecule has 2 rings (SSSR count). The normalized spacial score (nSPS) is 10.4. The fourth-order valence-corrected chi connectivity index (χ4v) is 1.49. The van der Waals surface area contributed by atoms with E-state index in [0.717, 1.165) is 22.6 Å². The number of nitrogen functional groups attached to an aromatic ring is 2. The summed E-state index contributed by atoms with van der Waals surface area (Å²) in [4.78, 5) is 0. The molecule has 0 amide bonds. The molecular weight excluding hydrogens is 174 g/mol. The Bertz CT molecular complexity index is 438. The summed E-state index contributed by atoms with van der Waals surface area (Å²) in [6.45, 7) is 0. The van der Waals surface area contributed by atoms with Crippen molar-refractivity contribution in [3.63, 3.8) is 0 Å². The first-order valence-electron chi connectivity index (χ1n) is 4.45. The van der Waals surface area contributed by atoms with Gasteiger partial charge in [0.1, 0.15) is 5.82 Å². The first-order chi connectivity index (χ1) is 6.68. The number of para-hydroxylation sites is 1. The second-order valence-electron chi connectivity index (χ2n) is 3.35. The van der Waals surface area contributed by atoms with E-state index >= 15 is 0 Å². The third kappa shape index (κ3) is 1.33. The summed E-state index contributed by atoms with van der Waals surface area (Å²) in [5.41, 5.74) is 14.5. The average molecular weight is 187 g/mol. The molecule has 1 heterocycles. The van der Waals surface area contributed by atoms with Crippen LogP contribution in [0, 0.1) is 0 Å². The second kappa shape index (κ2) is 3.10. The molecule has 4 N–H and O–H groups in total. The van der Waals surface area contributed by atoms with Crippen LogP contribution in [0.3, 0.4) is 0 Å². The van der Waals surface area contributed by atoms with Crippen LogP contribution in [-0.2, 0) is 7.05 Å². The van der Waals surface area contributed by atoms with Gasteiger partial charge in [-0.1, -0.05) is 18.2 Å². The van der Waals surface area contributed by atoms with Crippen LogP contribution in [0.5, 0.6) is 0 Å². The smallest absolute Gasteiger partial charge is 0.103 e. The van der Waals surface area contributed by atoms with E-state index in [-0.39, 0.29) is 0 Å². The molecule has 14 heavy (non-hydrogen) atoms. The average Bonchev–Trinajstić information content (AvgIpc) is 2.48. The number of nitrogens with two attached hydrogens (primary N) is 2. The number of nitrogens with zero attached hydrogens (tertiary/aromatic N) is 1. The van der Waals surface area contributed by atoms with Crippen LogP contribution < -0.4 is 11.5 Å². The van der Waals surface area contributed by atoms with Crippen molar-refractivity contribution in [2.45, 2.75) is 0 Å². The standard InChI is InChI=1S/C11H13N3/c1-14-7-8(6-11(14)13)9-4-2-3-5-10(9)12/h2-7H,12-13H2,1H3. The summed E-state index contributed by atoms with van der Waals surface area (Å²) >= 11 is 0. The summed E-state index contributed by atoms with van der Waals surface area (Å²) in [5.74, 6) is 0.739. The molecule has 0 aliphatic carbocycles. The van der Waals surface area contributed by atoms with Gasteiger partial charge in [-0.3, -0.25) is 0 Å². The highest BCUT2D eigenvalue weighted by atomic mass is 15.0. The lowest BCUT2D eigenvalue weighted by Gasteiger charge is -2.01. The van der Waals surface area contributed by atoms with Crippen LogP contribution in [0.2, 0.25) is 0 Å². The predicted octanol–water partition coefficient (Wildman–Crippen LogP) is 1.86. The highest BCUT2D eigenvalue weighted by Gasteiger charge is 2.04. The molecule has 72 valence electrons. The van der Waals surface area contributed by atoms with Crippen molar-refractivity contribution in [1.82, 2.24) is 4.57 Å². The minimum atomic E-state index is 0.739. The maximum Gasteiger partial charge on any atom is 0.103 e. The van der Waals surface area contributed by atoms with E-state index < -0.39 is 0 Å². The van der Waals surface area contributed by atoms with Gasteiger partial charge in [0.25, 0.3) is 0 Å². The fraction of sp³-hybridized carbons (Fsp3) is 0.0909. The first kappa shape index (κ1) is 8.69. The molecule has 1 aromatic heterocycles. The number of anilines is 2. The summed E-state index contributed by atoms with van der Waals surface area (Å²) in [5, 5.41) is 0. The van der Waals surface area contributed by atoms with E-state index in [0.29, 0.717) is 0 Å². The number of benzene rings is 1. The van der Waals surface area contributed by atoms with Gasteiger partial charge in [-0.25, -0.2) is 0 Å². The van der Waals surface area contributed by atoms with Gasteiger partial charge < -0.3 is 16.0 Å². The second-order valence-corrected chi connectivity index (χ2v) is 3.35. The summed E-state index contributed by atoms with van der Waals surface area (Å²) in [6.07, 6.45) is 1.97. The molecule has 0 saturated heterocycles. The summed E-state index contributed by atoms with van der Waals surface area (Å²) < 4.78 is 1.88. The van der Waals surface area contributed by atoms with Gasteiger partial charge in [-0.2, -0.15) is 0 Å². The van der Waals surface area contributed by atoms with Crippen molar-refractivity contribution in [3.8, 4) is 11.1 Å². The molecule has 0 unspecified atom stereocenters. The number of rotatable bonds is 1. The monoisotopic (exact) mass is 187 g/mol. The summed E-state index contributed by atoms with van der Waals surface area (Å²) in [6, 6.07) is 9.69. The number of hydrogen-bond acceptors (Lipinski definition) is 2. The Morgan fingerprint density at radius 1 is 1.14 bits per heavy atom. The van der Waals surface area contributed by atoms with E-state index in [1.807, 2.05) is 48.1 Å². The quantitative estimate of drug-likeness (QED) is 0.669. The lowest BCUT2D eigenvalue weighted by Crippen LogP contribution is -1.92. The maximum atomic E-state index is 5.86. The number of aryl methyl sites for hydroxylation is 1. The Morgan fingerprint density at radius 2 is 1.86 bits per heavy atom. The molecule has 0 bridgehead atoms. The molecule has 3 heteroatoms. The topological polar surface area (TPSA) is 57.0 Å². The first-order valence-corrected chi connectivity index (χ1v) is 4.45. The highest BCUT2D eigenvalue weighted by Crippen LogP contribution is 2.27. The third-order valence-corrected chi connectivity index (χ3v) is 2.32. The molecule has 0 aliphatic rings. The van der Waals surface area contributed by atoms with Crippen LogP contribution in [0.15, 0.2) is 36.5 Å². The molecule has 3 nitrogen and oxygen atoms in total. The van der Waals surface area contributed by atoms with Crippen molar-refractivity contribution in [1.29, 1.82) is 0 Å². The van der Waals surface area contributed by atoms with Gasteiger partial charge in [0, 0.05) is 30.1 Å². The minimum absolute atomic E-state index is 0.739. The van der Waals surface area contributed by atoms with Crippen molar-refractivity contribution < 1.29 is 0 Å². The zero-order valence-electron chi connectivity index (χ0n) is 8.07. The van der Waals surface area contributed by atoms with Crippen molar-refractivity contribution in [3.05, 3.63) is 36.5 Å². The largest absolute Gasteiger partial charge is 0.398 e. The van der Waals surface area contributed by atoms with Gasteiger partial charge in [-0.05, 0) is 12.1 Å². The van der Waals surface area contributed by atoms with Crippen LogP contribution in [0.1, 0.15) is 0 Å². The molecule has 0 atom stereocenters. The Kier molecular flexibility index (Phi) is 1.93. The zero-order chi connectivity index (χ0) is 10.1. The van der Waals surface area contributed by atoms with Crippen LogP contribution in [0.4, 0.5) is 11.5 Å². The molecule has 0 radical (unpaired) electrons. The molecular formula is C11H13N3. The number of aromatic nitrogens is 1. The Labute approximate surface area is 83.0 Å². The predicted molar refractivity (Wildman–Crippen MR) is 59.7 cm³/mol. The van der Waals surface area contributed by atoms with E-state index in [9.17, 15) is 0 Å². The van der Waals surface area contributed by atoms with Gasteiger partial charge in [0.2, 0.25) is 0 Å². The van der Waals surface area contributed by atoms with Crippen LogP contribution in [-0.4, -0.2) is 4.57 Å². The van der Waals surface area contributed by atoms with Crippen molar-refractivity contribution in [2.75, 3.05) is 11.5 Å². The fourth-order valence-electron chi connectivity index (χ4n) is 1.49. The highest BCUT2D eigenvalue weighted by molar-refractivity contribution is 5.77. The lowest BCUT2D eigenvalue weighted by atomic mass is 10.1. The van der Waals surface area contributed by atoms with Gasteiger partial charge in [0.15, 0.2) is 0 Å². The minimum Gasteiger partial charge on any atom is -0.398 e. The van der Waals surface area contributed by atoms with E-state index in [4.69, 9.17) is 11.5 Å². The Morgan fingerprint density at radius 3 is 2.43 bits per heavy atom. The Hall–Kier alpha value is -1.90. The van der Waals surface area contributed by atoms with Crippen molar-refractivity contribution in [2.24, 2.45) is 7.05 Å². The van der Waals surface area contributed by atoms with Crippen LogP contribution >= 0.6 is 0 Å². The number of hydrogen-bond donors (Lipinski definition) is 2. The molecule has 0 aliphatic heterocycles. The maximum absolute atomic E-state index is 5.86. The SMILES string of the molecule is Cn1cc(-c2ccccc2N)cc1N. The van der Waals surface area contributed by atoms with Gasteiger partial charge >= 0.3 is 0 Å². The summed E-state index contributed by atoms with van der Waals surface area (Å²) in [7, 11) is 1.91. The lowest BCUT2D eigenvalue weighted by molar-refractivity contribution is 0.942.